The van der Waals surface area contributed by atoms with Gasteiger partial charge in [0.2, 0.25) is 0 Å². The van der Waals surface area contributed by atoms with E-state index in [1.165, 1.54) is 0 Å². The van der Waals surface area contributed by atoms with Gasteiger partial charge in [-0.2, -0.15) is 0 Å². The molecule has 0 atom stereocenters. The van der Waals surface area contributed by atoms with E-state index in [4.69, 9.17) is 27.9 Å². The maximum atomic E-state index is 11.8. The van der Waals surface area contributed by atoms with Gasteiger partial charge in [0.05, 0.1) is 15.6 Å². The van der Waals surface area contributed by atoms with E-state index < -0.39 is 11.9 Å². The molecule has 0 aliphatic heterocycles. The van der Waals surface area contributed by atoms with Gasteiger partial charge in [-0.1, -0.05) is 35.3 Å². The first kappa shape index (κ1) is 19.4. The molecule has 1 amide bonds. The van der Waals surface area contributed by atoms with Crippen LogP contribution in [0.1, 0.15) is 28.1 Å². The van der Waals surface area contributed by atoms with Crippen LogP contribution < -0.4 is 5.32 Å². The van der Waals surface area contributed by atoms with Crippen LogP contribution in [0.25, 0.3) is 0 Å². The van der Waals surface area contributed by atoms with Crippen LogP contribution in [0.3, 0.4) is 0 Å². The van der Waals surface area contributed by atoms with Crippen molar-refractivity contribution in [1.82, 2.24) is 5.32 Å². The van der Waals surface area contributed by atoms with Gasteiger partial charge in [-0.25, -0.2) is 0 Å². The summed E-state index contributed by atoms with van der Waals surface area (Å²) in [5.74, 6) is -1.20. The molecule has 8 heteroatoms. The third-order valence-electron chi connectivity index (χ3n) is 3.17. The topological polar surface area (TPSA) is 72.5 Å². The second-order valence-electron chi connectivity index (χ2n) is 5.09. The molecule has 1 heterocycles. The van der Waals surface area contributed by atoms with Crippen molar-refractivity contribution in [1.29, 1.82) is 0 Å². The minimum absolute atomic E-state index is 0.0159. The highest BCUT2D eigenvalue weighted by molar-refractivity contribution is 7.18. The van der Waals surface area contributed by atoms with Crippen LogP contribution >= 0.6 is 34.5 Å². The molecule has 0 saturated heterocycles. The van der Waals surface area contributed by atoms with Crippen LogP contribution in [-0.4, -0.2) is 24.3 Å². The molecule has 0 aliphatic rings. The fraction of sp³-hybridized carbons (Fsp3) is 0.235. The molecule has 1 aromatic carbocycles. The number of Topliss-reactive ketones (excluding diaryl/α,β-unsaturated/α-hetero) is 1. The number of halogens is 2. The highest BCUT2D eigenvalue weighted by atomic mass is 35.5. The maximum absolute atomic E-state index is 11.8. The summed E-state index contributed by atoms with van der Waals surface area (Å²) in [4.78, 5) is 35.6. The van der Waals surface area contributed by atoms with Crippen molar-refractivity contribution >= 4 is 52.2 Å². The quantitative estimate of drug-likeness (QED) is 0.539. The number of thiophene rings is 1. The summed E-state index contributed by atoms with van der Waals surface area (Å²) in [5.41, 5.74) is 0.879. The Kier molecular flexibility index (Phi) is 7.43. The zero-order valence-corrected chi connectivity index (χ0v) is 15.4. The molecule has 2 aromatic rings. The van der Waals surface area contributed by atoms with Gasteiger partial charge in [-0.3, -0.25) is 14.4 Å². The molecule has 5 nitrogen and oxygen atoms in total. The minimum Gasteiger partial charge on any atom is -0.456 e. The van der Waals surface area contributed by atoms with Gasteiger partial charge in [0.1, 0.15) is 0 Å². The van der Waals surface area contributed by atoms with Crippen molar-refractivity contribution in [3.05, 3.63) is 56.2 Å². The SMILES string of the molecule is O=C(COC(=O)CCC(=O)c1ccc(Cl)s1)NCc1ccc(Cl)cc1. The predicted molar refractivity (Wildman–Crippen MR) is 97.2 cm³/mol. The average molecular weight is 400 g/mol. The van der Waals surface area contributed by atoms with Crippen molar-refractivity contribution in [3.63, 3.8) is 0 Å². The number of hydrogen-bond donors (Lipinski definition) is 1. The molecule has 1 aromatic heterocycles. The Labute approximate surface area is 158 Å². The van der Waals surface area contributed by atoms with Crippen molar-refractivity contribution < 1.29 is 19.1 Å². The van der Waals surface area contributed by atoms with Gasteiger partial charge in [0.15, 0.2) is 12.4 Å². The van der Waals surface area contributed by atoms with Gasteiger partial charge in [-0.15, -0.1) is 11.3 Å². The Morgan fingerprint density at radius 1 is 1.00 bits per heavy atom. The Morgan fingerprint density at radius 3 is 2.36 bits per heavy atom. The number of esters is 1. The average Bonchev–Trinajstić information content (AvgIpc) is 3.04. The van der Waals surface area contributed by atoms with Gasteiger partial charge in [-0.05, 0) is 29.8 Å². The summed E-state index contributed by atoms with van der Waals surface area (Å²) in [6, 6.07) is 10.3. The van der Waals surface area contributed by atoms with Crippen LogP contribution in [0.2, 0.25) is 9.36 Å². The Hall–Kier alpha value is -1.89. The zero-order chi connectivity index (χ0) is 18.2. The van der Waals surface area contributed by atoms with E-state index in [0.717, 1.165) is 16.9 Å². The maximum Gasteiger partial charge on any atom is 0.306 e. The van der Waals surface area contributed by atoms with Crippen LogP contribution in [0, 0.1) is 0 Å². The van der Waals surface area contributed by atoms with E-state index in [2.05, 4.69) is 5.32 Å². The number of carbonyl (C=O) groups is 3. The predicted octanol–water partition coefficient (Wildman–Crippen LogP) is 3.88. The van der Waals surface area contributed by atoms with Gasteiger partial charge in [0, 0.05) is 18.0 Å². The van der Waals surface area contributed by atoms with Crippen LogP contribution in [0.4, 0.5) is 0 Å². The summed E-state index contributed by atoms with van der Waals surface area (Å²) in [6.07, 6.45) is -0.0686. The van der Waals surface area contributed by atoms with Crippen LogP contribution in [0.5, 0.6) is 0 Å². The first-order valence-electron chi connectivity index (χ1n) is 7.39. The number of hydrogen-bond acceptors (Lipinski definition) is 5. The lowest BCUT2D eigenvalue weighted by Gasteiger charge is -2.06. The summed E-state index contributed by atoms with van der Waals surface area (Å²) in [7, 11) is 0. The largest absolute Gasteiger partial charge is 0.456 e. The van der Waals surface area contributed by atoms with Gasteiger partial charge < -0.3 is 10.1 Å². The fourth-order valence-corrected chi connectivity index (χ4v) is 3.01. The fourth-order valence-electron chi connectivity index (χ4n) is 1.88. The molecule has 0 fully saturated rings. The lowest BCUT2D eigenvalue weighted by Crippen LogP contribution is -2.28. The molecule has 0 bridgehead atoms. The van der Waals surface area contributed by atoms with Crippen LogP contribution in [0.15, 0.2) is 36.4 Å². The lowest BCUT2D eigenvalue weighted by atomic mass is 10.2. The number of amides is 1. The number of rotatable bonds is 8. The minimum atomic E-state index is -0.599. The first-order chi connectivity index (χ1) is 11.9. The molecular weight excluding hydrogens is 385 g/mol. The normalized spacial score (nSPS) is 10.3. The van der Waals surface area contributed by atoms with E-state index in [-0.39, 0.29) is 25.2 Å². The lowest BCUT2D eigenvalue weighted by molar-refractivity contribution is -0.148. The molecule has 0 saturated carbocycles. The smallest absolute Gasteiger partial charge is 0.306 e. The van der Waals surface area contributed by atoms with Crippen molar-refractivity contribution in [3.8, 4) is 0 Å². The number of nitrogens with one attached hydrogen (secondary N) is 1. The van der Waals surface area contributed by atoms with E-state index in [0.29, 0.717) is 20.8 Å². The summed E-state index contributed by atoms with van der Waals surface area (Å²) >= 11 is 12.7. The molecule has 0 radical (unpaired) electrons. The zero-order valence-electron chi connectivity index (χ0n) is 13.1. The standard InChI is InChI=1S/C17H15Cl2NO4S/c18-12-3-1-11(2-4-12)9-20-16(22)10-24-17(23)8-5-13(21)14-6-7-15(19)25-14/h1-4,6-7H,5,8-10H2,(H,20,22). The monoisotopic (exact) mass is 399 g/mol. The van der Waals surface area contributed by atoms with E-state index in [1.54, 1.807) is 36.4 Å². The van der Waals surface area contributed by atoms with Crippen molar-refractivity contribution in [2.75, 3.05) is 6.61 Å². The second-order valence-corrected chi connectivity index (χ2v) is 7.24. The Balaban J connectivity index is 1.64. The Bertz CT molecular complexity index is 758. The summed E-state index contributed by atoms with van der Waals surface area (Å²) in [6.45, 7) is -0.0728. The van der Waals surface area contributed by atoms with E-state index in [1.807, 2.05) is 0 Å². The highest BCUT2D eigenvalue weighted by Crippen LogP contribution is 2.22. The second kappa shape index (κ2) is 9.56. The third kappa shape index (κ3) is 6.86. The van der Waals surface area contributed by atoms with Crippen molar-refractivity contribution in [2.24, 2.45) is 0 Å². The number of carbonyl (C=O) groups excluding carboxylic acids is 3. The highest BCUT2D eigenvalue weighted by Gasteiger charge is 2.13. The molecule has 132 valence electrons. The number of benzene rings is 1. The molecule has 0 aliphatic carbocycles. The van der Waals surface area contributed by atoms with Crippen LogP contribution in [-0.2, 0) is 20.9 Å². The Morgan fingerprint density at radius 2 is 1.72 bits per heavy atom. The molecule has 0 spiro atoms. The third-order valence-corrected chi connectivity index (χ3v) is 4.70. The summed E-state index contributed by atoms with van der Waals surface area (Å²) < 4.78 is 5.37. The molecule has 25 heavy (non-hydrogen) atoms. The van der Waals surface area contributed by atoms with Gasteiger partial charge in [0.25, 0.3) is 5.91 Å². The van der Waals surface area contributed by atoms with Gasteiger partial charge >= 0.3 is 5.97 Å². The molecule has 1 N–H and O–H groups in total. The van der Waals surface area contributed by atoms with E-state index >= 15 is 0 Å². The van der Waals surface area contributed by atoms with Crippen molar-refractivity contribution in [2.45, 2.75) is 19.4 Å². The summed E-state index contributed by atoms with van der Waals surface area (Å²) in [5, 5.41) is 3.24. The number of ketones is 1. The number of ether oxygens (including phenoxy) is 1. The van der Waals surface area contributed by atoms with E-state index in [9.17, 15) is 14.4 Å². The first-order valence-corrected chi connectivity index (χ1v) is 8.96. The molecule has 0 unspecified atom stereocenters. The molecular formula is C17H15Cl2NO4S. The molecule has 2 rings (SSSR count).